The minimum absolute atomic E-state index is 0.000798. The highest BCUT2D eigenvalue weighted by molar-refractivity contribution is 5.76. The SMILES string of the molecule is Cc1cccc(Oc2c(CCC(=O)NCC(C)C)c(C)nn2-c2ccc(F)cc2)c1. The van der Waals surface area contributed by atoms with E-state index >= 15 is 0 Å². The van der Waals surface area contributed by atoms with E-state index in [1.165, 1.54) is 12.1 Å². The molecule has 3 aromatic rings. The number of hydrogen-bond donors (Lipinski definition) is 1. The molecule has 0 aliphatic carbocycles. The molecule has 1 heterocycles. The number of benzene rings is 2. The monoisotopic (exact) mass is 409 g/mol. The van der Waals surface area contributed by atoms with Gasteiger partial charge in [0.05, 0.1) is 11.4 Å². The Labute approximate surface area is 176 Å². The fraction of sp³-hybridized carbons (Fsp3) is 0.333. The highest BCUT2D eigenvalue weighted by Gasteiger charge is 2.20. The van der Waals surface area contributed by atoms with Gasteiger partial charge in [-0.05, 0) is 68.1 Å². The average molecular weight is 410 g/mol. The van der Waals surface area contributed by atoms with Crippen molar-refractivity contribution >= 4 is 5.91 Å². The van der Waals surface area contributed by atoms with Gasteiger partial charge in [-0.3, -0.25) is 4.79 Å². The van der Waals surface area contributed by atoms with Gasteiger partial charge in [-0.15, -0.1) is 0 Å². The minimum Gasteiger partial charge on any atom is -0.439 e. The van der Waals surface area contributed by atoms with Gasteiger partial charge in [0.15, 0.2) is 0 Å². The molecule has 0 saturated carbocycles. The van der Waals surface area contributed by atoms with Crippen LogP contribution in [0.2, 0.25) is 0 Å². The molecule has 0 aliphatic rings. The van der Waals surface area contributed by atoms with E-state index in [4.69, 9.17) is 4.74 Å². The van der Waals surface area contributed by atoms with E-state index in [9.17, 15) is 9.18 Å². The molecule has 5 nitrogen and oxygen atoms in total. The number of aryl methyl sites for hydroxylation is 2. The Bertz CT molecular complexity index is 1010. The van der Waals surface area contributed by atoms with Crippen LogP contribution in [0.1, 0.15) is 37.1 Å². The van der Waals surface area contributed by atoms with Gasteiger partial charge in [-0.25, -0.2) is 9.07 Å². The fourth-order valence-corrected chi connectivity index (χ4v) is 3.12. The summed E-state index contributed by atoms with van der Waals surface area (Å²) in [6, 6.07) is 13.8. The lowest BCUT2D eigenvalue weighted by atomic mass is 10.1. The normalized spacial score (nSPS) is 11.0. The molecule has 0 unspecified atom stereocenters. The first-order valence-corrected chi connectivity index (χ1v) is 10.2. The van der Waals surface area contributed by atoms with E-state index in [-0.39, 0.29) is 11.7 Å². The average Bonchev–Trinajstić information content (AvgIpc) is 3.00. The van der Waals surface area contributed by atoms with Crippen molar-refractivity contribution in [3.05, 3.63) is 71.2 Å². The number of halogens is 1. The molecule has 1 aromatic heterocycles. The van der Waals surface area contributed by atoms with Crippen LogP contribution < -0.4 is 10.1 Å². The van der Waals surface area contributed by atoms with Crippen LogP contribution in [-0.2, 0) is 11.2 Å². The van der Waals surface area contributed by atoms with Gasteiger partial charge in [0, 0.05) is 18.5 Å². The topological polar surface area (TPSA) is 56.1 Å². The van der Waals surface area contributed by atoms with Crippen molar-refractivity contribution in [2.75, 3.05) is 6.54 Å². The molecule has 0 fully saturated rings. The van der Waals surface area contributed by atoms with Gasteiger partial charge < -0.3 is 10.1 Å². The Morgan fingerprint density at radius 1 is 1.17 bits per heavy atom. The molecule has 30 heavy (non-hydrogen) atoms. The zero-order valence-corrected chi connectivity index (χ0v) is 17.9. The quantitative estimate of drug-likeness (QED) is 0.561. The highest BCUT2D eigenvalue weighted by atomic mass is 19.1. The van der Waals surface area contributed by atoms with Crippen LogP contribution in [0.15, 0.2) is 48.5 Å². The number of nitrogens with one attached hydrogen (secondary N) is 1. The van der Waals surface area contributed by atoms with Gasteiger partial charge >= 0.3 is 0 Å². The molecule has 2 aromatic carbocycles. The smallest absolute Gasteiger partial charge is 0.226 e. The van der Waals surface area contributed by atoms with Gasteiger partial charge in [0.25, 0.3) is 0 Å². The number of ether oxygens (including phenoxy) is 1. The van der Waals surface area contributed by atoms with E-state index in [1.54, 1.807) is 16.8 Å². The summed E-state index contributed by atoms with van der Waals surface area (Å²) < 4.78 is 21.3. The van der Waals surface area contributed by atoms with Crippen LogP contribution in [0.4, 0.5) is 4.39 Å². The summed E-state index contributed by atoms with van der Waals surface area (Å²) in [5, 5.41) is 7.56. The van der Waals surface area contributed by atoms with Crippen LogP contribution in [0.25, 0.3) is 5.69 Å². The number of nitrogens with zero attached hydrogens (tertiary/aromatic N) is 2. The third-order valence-corrected chi connectivity index (χ3v) is 4.72. The predicted octanol–water partition coefficient (Wildman–Crippen LogP) is 5.13. The maximum absolute atomic E-state index is 13.4. The Hall–Kier alpha value is -3.15. The number of amides is 1. The van der Waals surface area contributed by atoms with E-state index in [2.05, 4.69) is 24.3 Å². The second-order valence-electron chi connectivity index (χ2n) is 7.87. The molecule has 0 atom stereocenters. The van der Waals surface area contributed by atoms with E-state index in [0.29, 0.717) is 42.6 Å². The van der Waals surface area contributed by atoms with Gasteiger partial charge in [0.1, 0.15) is 11.6 Å². The number of rotatable bonds is 8. The molecule has 0 aliphatic heterocycles. The van der Waals surface area contributed by atoms with E-state index in [1.807, 2.05) is 38.1 Å². The number of hydrogen-bond acceptors (Lipinski definition) is 3. The maximum atomic E-state index is 13.4. The standard InChI is InChI=1S/C24H28FN3O2/c1-16(2)15-26-23(29)13-12-22-18(4)27-28(20-10-8-19(25)9-11-20)24(22)30-21-7-5-6-17(3)14-21/h5-11,14,16H,12-13,15H2,1-4H3,(H,26,29). The van der Waals surface area contributed by atoms with Crippen molar-refractivity contribution in [3.63, 3.8) is 0 Å². The van der Waals surface area contributed by atoms with Crippen LogP contribution >= 0.6 is 0 Å². The molecule has 0 saturated heterocycles. The molecule has 0 bridgehead atoms. The number of carbonyl (C=O) groups is 1. The molecule has 0 radical (unpaired) electrons. The zero-order chi connectivity index (χ0) is 21.7. The lowest BCUT2D eigenvalue weighted by Crippen LogP contribution is -2.27. The fourth-order valence-electron chi connectivity index (χ4n) is 3.12. The van der Waals surface area contributed by atoms with Crippen molar-refractivity contribution in [3.8, 4) is 17.3 Å². The molecule has 1 amide bonds. The third-order valence-electron chi connectivity index (χ3n) is 4.72. The van der Waals surface area contributed by atoms with Crippen LogP contribution in [0.5, 0.6) is 11.6 Å². The largest absolute Gasteiger partial charge is 0.439 e. The first-order chi connectivity index (χ1) is 14.3. The van der Waals surface area contributed by atoms with Crippen LogP contribution in [0.3, 0.4) is 0 Å². The third kappa shape index (κ3) is 5.47. The van der Waals surface area contributed by atoms with Gasteiger partial charge in [-0.2, -0.15) is 5.10 Å². The number of carbonyl (C=O) groups excluding carboxylic acids is 1. The summed E-state index contributed by atoms with van der Waals surface area (Å²) in [6.07, 6.45) is 0.838. The first-order valence-electron chi connectivity index (χ1n) is 10.2. The summed E-state index contributed by atoms with van der Waals surface area (Å²) >= 11 is 0. The Morgan fingerprint density at radius 3 is 2.57 bits per heavy atom. The molecule has 158 valence electrons. The molecule has 1 N–H and O–H groups in total. The van der Waals surface area contributed by atoms with E-state index in [0.717, 1.165) is 16.8 Å². The summed E-state index contributed by atoms with van der Waals surface area (Å²) in [4.78, 5) is 12.2. The van der Waals surface area contributed by atoms with Crippen LogP contribution in [0, 0.1) is 25.6 Å². The predicted molar refractivity (Wildman–Crippen MR) is 116 cm³/mol. The van der Waals surface area contributed by atoms with Gasteiger partial charge in [0.2, 0.25) is 11.8 Å². The molecule has 0 spiro atoms. The number of aromatic nitrogens is 2. The summed E-state index contributed by atoms with van der Waals surface area (Å²) in [6.45, 7) is 8.66. The van der Waals surface area contributed by atoms with E-state index < -0.39 is 0 Å². The Kier molecular flexibility index (Phi) is 6.87. The summed E-state index contributed by atoms with van der Waals surface area (Å²) in [5.41, 5.74) is 3.41. The lowest BCUT2D eigenvalue weighted by Gasteiger charge is -2.12. The zero-order valence-electron chi connectivity index (χ0n) is 17.9. The Morgan fingerprint density at radius 2 is 1.90 bits per heavy atom. The summed E-state index contributed by atoms with van der Waals surface area (Å²) in [5.74, 6) is 1.31. The molecule has 6 heteroatoms. The molecular weight excluding hydrogens is 381 g/mol. The highest BCUT2D eigenvalue weighted by Crippen LogP contribution is 2.32. The lowest BCUT2D eigenvalue weighted by molar-refractivity contribution is -0.121. The molecular formula is C24H28FN3O2. The van der Waals surface area contributed by atoms with Crippen molar-refractivity contribution in [1.82, 2.24) is 15.1 Å². The molecule has 3 rings (SSSR count). The first kappa shape index (κ1) is 21.6. The van der Waals surface area contributed by atoms with Crippen molar-refractivity contribution < 1.29 is 13.9 Å². The minimum atomic E-state index is -0.314. The van der Waals surface area contributed by atoms with Crippen molar-refractivity contribution in [2.45, 2.75) is 40.5 Å². The van der Waals surface area contributed by atoms with Crippen molar-refractivity contribution in [1.29, 1.82) is 0 Å². The second-order valence-corrected chi connectivity index (χ2v) is 7.87. The Balaban J connectivity index is 1.92. The maximum Gasteiger partial charge on any atom is 0.226 e. The van der Waals surface area contributed by atoms with Crippen molar-refractivity contribution in [2.24, 2.45) is 5.92 Å². The summed E-state index contributed by atoms with van der Waals surface area (Å²) in [7, 11) is 0. The second kappa shape index (κ2) is 9.57. The van der Waals surface area contributed by atoms with Gasteiger partial charge in [-0.1, -0.05) is 26.0 Å². The van der Waals surface area contributed by atoms with Crippen LogP contribution in [-0.4, -0.2) is 22.2 Å².